The van der Waals surface area contributed by atoms with Gasteiger partial charge in [-0.1, -0.05) is 0 Å². The van der Waals surface area contributed by atoms with Gasteiger partial charge in [-0.25, -0.2) is 4.98 Å². The van der Waals surface area contributed by atoms with Crippen LogP contribution in [0.4, 0.5) is 18.9 Å². The first kappa shape index (κ1) is 13.7. The van der Waals surface area contributed by atoms with E-state index in [0.717, 1.165) is 18.9 Å². The summed E-state index contributed by atoms with van der Waals surface area (Å²) in [5, 5.41) is 10.2. The molecule has 0 spiro atoms. The first-order valence-electron chi connectivity index (χ1n) is 6.65. The van der Waals surface area contributed by atoms with Crippen molar-refractivity contribution in [3.8, 4) is 0 Å². The molecule has 0 amide bonds. The third-order valence-electron chi connectivity index (χ3n) is 4.83. The largest absolute Gasteiger partial charge is 0.433 e. The second kappa shape index (κ2) is 3.87. The quantitative estimate of drug-likeness (QED) is 0.908. The van der Waals surface area contributed by atoms with Crippen molar-refractivity contribution < 1.29 is 18.3 Å². The van der Waals surface area contributed by atoms with Crippen LogP contribution in [0.3, 0.4) is 0 Å². The Bertz CT molecular complexity index is 513. The SMILES string of the molecule is CC(C)(O)C12CC(C1)N(c1ccc(C(F)(F)F)nc1)C2. The number of halogens is 3. The third kappa shape index (κ3) is 1.89. The molecule has 0 aromatic carbocycles. The molecule has 1 aromatic rings. The molecule has 3 aliphatic rings. The van der Waals surface area contributed by atoms with E-state index in [2.05, 4.69) is 9.88 Å². The number of pyridine rings is 1. The molecule has 110 valence electrons. The lowest BCUT2D eigenvalue weighted by atomic mass is 9.61. The molecule has 1 saturated carbocycles. The topological polar surface area (TPSA) is 36.4 Å². The van der Waals surface area contributed by atoms with Gasteiger partial charge in [0.15, 0.2) is 0 Å². The summed E-state index contributed by atoms with van der Waals surface area (Å²) < 4.78 is 37.5. The van der Waals surface area contributed by atoms with Gasteiger partial charge in [-0.2, -0.15) is 13.2 Å². The highest BCUT2D eigenvalue weighted by atomic mass is 19.4. The number of anilines is 1. The van der Waals surface area contributed by atoms with E-state index in [0.29, 0.717) is 18.3 Å². The summed E-state index contributed by atoms with van der Waals surface area (Å²) in [6.45, 7) is 4.28. The monoisotopic (exact) mass is 286 g/mol. The number of hydrogen-bond donors (Lipinski definition) is 1. The summed E-state index contributed by atoms with van der Waals surface area (Å²) in [6.07, 6.45) is -1.35. The Morgan fingerprint density at radius 3 is 2.35 bits per heavy atom. The van der Waals surface area contributed by atoms with E-state index in [4.69, 9.17) is 0 Å². The first-order valence-corrected chi connectivity index (χ1v) is 6.65. The van der Waals surface area contributed by atoms with Gasteiger partial charge < -0.3 is 10.0 Å². The fraction of sp³-hybridized carbons (Fsp3) is 0.643. The van der Waals surface area contributed by atoms with Crippen molar-refractivity contribution in [1.29, 1.82) is 0 Å². The molecule has 0 radical (unpaired) electrons. The number of aromatic nitrogens is 1. The minimum absolute atomic E-state index is 0.139. The van der Waals surface area contributed by atoms with Crippen LogP contribution in [0.25, 0.3) is 0 Å². The van der Waals surface area contributed by atoms with Crippen LogP contribution in [0, 0.1) is 5.41 Å². The molecule has 0 atom stereocenters. The van der Waals surface area contributed by atoms with Gasteiger partial charge in [0.2, 0.25) is 0 Å². The molecule has 3 heterocycles. The van der Waals surface area contributed by atoms with E-state index in [1.165, 1.54) is 12.3 Å². The van der Waals surface area contributed by atoms with Crippen molar-refractivity contribution in [2.24, 2.45) is 5.41 Å². The van der Waals surface area contributed by atoms with Gasteiger partial charge in [0.25, 0.3) is 0 Å². The van der Waals surface area contributed by atoms with Crippen molar-refractivity contribution in [3.05, 3.63) is 24.0 Å². The van der Waals surface area contributed by atoms with Gasteiger partial charge in [0, 0.05) is 18.0 Å². The van der Waals surface area contributed by atoms with Crippen molar-refractivity contribution in [3.63, 3.8) is 0 Å². The Hall–Kier alpha value is -1.30. The van der Waals surface area contributed by atoms with E-state index in [9.17, 15) is 18.3 Å². The molecule has 1 aliphatic carbocycles. The molecule has 3 fully saturated rings. The van der Waals surface area contributed by atoms with Crippen molar-refractivity contribution in [2.45, 2.75) is 44.5 Å². The average Bonchev–Trinajstić information content (AvgIpc) is 2.82. The second-order valence-electron chi connectivity index (χ2n) is 6.43. The number of rotatable bonds is 2. The lowest BCUT2D eigenvalue weighted by Crippen LogP contribution is -2.50. The van der Waals surface area contributed by atoms with Gasteiger partial charge in [-0.15, -0.1) is 0 Å². The van der Waals surface area contributed by atoms with Crippen LogP contribution in [0.2, 0.25) is 0 Å². The Balaban J connectivity index is 1.80. The van der Waals surface area contributed by atoms with Gasteiger partial charge in [0.05, 0.1) is 17.5 Å². The third-order valence-corrected chi connectivity index (χ3v) is 4.83. The maximum atomic E-state index is 12.5. The summed E-state index contributed by atoms with van der Waals surface area (Å²) in [6, 6.07) is 2.79. The highest BCUT2D eigenvalue weighted by Crippen LogP contribution is 2.58. The highest BCUT2D eigenvalue weighted by Gasteiger charge is 2.61. The van der Waals surface area contributed by atoms with Gasteiger partial charge in [-0.3, -0.25) is 0 Å². The Labute approximate surface area is 115 Å². The Morgan fingerprint density at radius 1 is 1.30 bits per heavy atom. The number of aliphatic hydroxyl groups is 1. The molecule has 2 aliphatic heterocycles. The first-order chi connectivity index (χ1) is 9.12. The zero-order valence-corrected chi connectivity index (χ0v) is 11.4. The number of alkyl halides is 3. The van der Waals surface area contributed by atoms with Crippen LogP contribution < -0.4 is 4.90 Å². The van der Waals surface area contributed by atoms with Crippen LogP contribution in [0.15, 0.2) is 18.3 Å². The van der Waals surface area contributed by atoms with E-state index in [1.54, 1.807) is 13.8 Å². The molecule has 3 nitrogen and oxygen atoms in total. The van der Waals surface area contributed by atoms with Gasteiger partial charge in [0.1, 0.15) is 5.69 Å². The predicted octanol–water partition coefficient (Wildman–Crippen LogP) is 2.84. The van der Waals surface area contributed by atoms with E-state index < -0.39 is 17.5 Å². The summed E-state index contributed by atoms with van der Waals surface area (Å²) >= 11 is 0. The zero-order chi connectivity index (χ0) is 14.8. The van der Waals surface area contributed by atoms with E-state index >= 15 is 0 Å². The van der Waals surface area contributed by atoms with Crippen LogP contribution in [-0.4, -0.2) is 28.3 Å². The van der Waals surface area contributed by atoms with Crippen molar-refractivity contribution >= 4 is 5.69 Å². The normalized spacial score (nSPS) is 29.5. The summed E-state index contributed by atoms with van der Waals surface area (Å²) in [5.74, 6) is 0. The van der Waals surface area contributed by atoms with Crippen LogP contribution >= 0.6 is 0 Å². The fourth-order valence-electron chi connectivity index (χ4n) is 3.37. The number of hydrogen-bond acceptors (Lipinski definition) is 3. The van der Waals surface area contributed by atoms with Crippen molar-refractivity contribution in [2.75, 3.05) is 11.4 Å². The summed E-state index contributed by atoms with van der Waals surface area (Å²) in [5.41, 5.74) is -1.07. The minimum Gasteiger partial charge on any atom is -0.390 e. The lowest BCUT2D eigenvalue weighted by molar-refractivity contribution is -0.141. The molecule has 20 heavy (non-hydrogen) atoms. The highest BCUT2D eigenvalue weighted by molar-refractivity contribution is 5.51. The molecular formula is C14H17F3N2O. The molecule has 6 heteroatoms. The van der Waals surface area contributed by atoms with Gasteiger partial charge >= 0.3 is 6.18 Å². The van der Waals surface area contributed by atoms with Crippen molar-refractivity contribution in [1.82, 2.24) is 4.98 Å². The van der Waals surface area contributed by atoms with Gasteiger partial charge in [-0.05, 0) is 38.8 Å². The fourth-order valence-corrected chi connectivity index (χ4v) is 3.37. The van der Waals surface area contributed by atoms with Crippen LogP contribution in [0.5, 0.6) is 0 Å². The smallest absolute Gasteiger partial charge is 0.390 e. The lowest BCUT2D eigenvalue weighted by Gasteiger charge is -2.45. The average molecular weight is 286 g/mol. The maximum Gasteiger partial charge on any atom is 0.433 e. The molecule has 0 unspecified atom stereocenters. The molecule has 2 saturated heterocycles. The Morgan fingerprint density at radius 2 is 1.95 bits per heavy atom. The molecule has 4 rings (SSSR count). The Kier molecular flexibility index (Phi) is 2.65. The summed E-state index contributed by atoms with van der Waals surface area (Å²) in [7, 11) is 0. The van der Waals surface area contributed by atoms with Crippen LogP contribution in [-0.2, 0) is 6.18 Å². The second-order valence-corrected chi connectivity index (χ2v) is 6.43. The maximum absolute atomic E-state index is 12.5. The van der Waals surface area contributed by atoms with E-state index in [-0.39, 0.29) is 5.41 Å². The minimum atomic E-state index is -4.40. The number of fused-ring (bicyclic) bond motifs is 1. The van der Waals surface area contributed by atoms with Crippen LogP contribution in [0.1, 0.15) is 32.4 Å². The number of nitrogens with zero attached hydrogens (tertiary/aromatic N) is 2. The van der Waals surface area contributed by atoms with E-state index in [1.807, 2.05) is 0 Å². The zero-order valence-electron chi connectivity index (χ0n) is 11.4. The molecule has 1 N–H and O–H groups in total. The standard InChI is InChI=1S/C14H17F3N2O/c1-12(2,20)13-5-10(6-13)19(8-13)9-3-4-11(18-7-9)14(15,16)17/h3-4,7,10,20H,5-6,8H2,1-2H3. The summed E-state index contributed by atoms with van der Waals surface area (Å²) in [4.78, 5) is 5.56. The predicted molar refractivity (Wildman–Crippen MR) is 68.3 cm³/mol. The molecule has 1 aromatic heterocycles. The molecule has 2 bridgehead atoms. The molecular weight excluding hydrogens is 269 g/mol.